The predicted molar refractivity (Wildman–Crippen MR) is 104 cm³/mol. The number of benzene rings is 1. The van der Waals surface area contributed by atoms with Gasteiger partial charge in [0.2, 0.25) is 0 Å². The Kier molecular flexibility index (Phi) is 4.99. The number of nitrogens with zero attached hydrogens (tertiary/aromatic N) is 2. The number of aromatic amines is 1. The third-order valence-corrected chi connectivity index (χ3v) is 5.30. The molecular weight excluding hydrogens is 362 g/mol. The van der Waals surface area contributed by atoms with Gasteiger partial charge < -0.3 is 19.4 Å². The van der Waals surface area contributed by atoms with Crippen molar-refractivity contribution in [2.75, 3.05) is 20.2 Å². The number of carbonyl (C=O) groups is 2. The molecule has 152 valence electrons. The molecule has 3 rings (SSSR count). The third kappa shape index (κ3) is 3.50. The number of nitrogens with one attached hydrogen (secondary N) is 1. The van der Waals surface area contributed by atoms with Gasteiger partial charge in [-0.3, -0.25) is 9.36 Å². The van der Waals surface area contributed by atoms with Gasteiger partial charge in [0, 0.05) is 20.1 Å². The number of rotatable bonds is 2. The minimum atomic E-state index is -0.866. The minimum Gasteiger partial charge on any atom is -0.468 e. The van der Waals surface area contributed by atoms with Gasteiger partial charge in [-0.2, -0.15) is 0 Å². The summed E-state index contributed by atoms with van der Waals surface area (Å²) in [7, 11) is 3.05. The summed E-state index contributed by atoms with van der Waals surface area (Å²) in [6, 6.07) is 5.50. The second-order valence-electron chi connectivity index (χ2n) is 8.26. The molecule has 1 aliphatic heterocycles. The van der Waals surface area contributed by atoms with E-state index in [1.54, 1.807) is 18.0 Å². The molecule has 2 heterocycles. The molecule has 0 saturated carbocycles. The first-order chi connectivity index (χ1) is 13.1. The Morgan fingerprint density at radius 2 is 1.82 bits per heavy atom. The SMILES string of the molecule is COC(=O)C1(c2ccc3[nH]c(=O)n(C)c3c2)CCN(C(=O)OC(C)(C)C)CC1. The number of ether oxygens (including phenoxy) is 2. The van der Waals surface area contributed by atoms with Gasteiger partial charge in [0.25, 0.3) is 0 Å². The maximum absolute atomic E-state index is 12.8. The van der Waals surface area contributed by atoms with Crippen LogP contribution < -0.4 is 5.69 Å². The standard InChI is InChI=1S/C20H27N3O5/c1-19(2,3)28-18(26)23-10-8-20(9-11-23,16(24)27-5)13-6-7-14-15(12-13)22(4)17(25)21-14/h6-7,12H,8-11H2,1-5H3,(H,21,25). The molecule has 0 atom stereocenters. The second-order valence-corrected chi connectivity index (χ2v) is 8.26. The summed E-state index contributed by atoms with van der Waals surface area (Å²) in [4.78, 5) is 41.4. The average Bonchev–Trinajstić information content (AvgIpc) is 2.93. The van der Waals surface area contributed by atoms with Gasteiger partial charge in [0.05, 0.1) is 23.6 Å². The second kappa shape index (κ2) is 7.00. The number of methoxy groups -OCH3 is 1. The highest BCUT2D eigenvalue weighted by Crippen LogP contribution is 2.38. The van der Waals surface area contributed by atoms with E-state index >= 15 is 0 Å². The Morgan fingerprint density at radius 1 is 1.18 bits per heavy atom. The molecule has 2 aromatic rings. The van der Waals surface area contributed by atoms with Crippen molar-refractivity contribution in [1.29, 1.82) is 0 Å². The molecule has 0 spiro atoms. The quantitative estimate of drug-likeness (QED) is 0.796. The maximum atomic E-state index is 12.8. The number of fused-ring (bicyclic) bond motifs is 1. The molecule has 0 bridgehead atoms. The van der Waals surface area contributed by atoms with E-state index in [0.717, 1.165) is 11.1 Å². The van der Waals surface area contributed by atoms with Crippen LogP contribution in [0.15, 0.2) is 23.0 Å². The Labute approximate surface area is 163 Å². The van der Waals surface area contributed by atoms with Crippen LogP contribution in [-0.4, -0.2) is 52.3 Å². The zero-order chi connectivity index (χ0) is 20.7. The van der Waals surface area contributed by atoms with Crippen LogP contribution in [0.25, 0.3) is 11.0 Å². The van der Waals surface area contributed by atoms with Crippen molar-refractivity contribution >= 4 is 23.1 Å². The summed E-state index contributed by atoms with van der Waals surface area (Å²) in [5.74, 6) is -0.337. The minimum absolute atomic E-state index is 0.209. The molecule has 0 radical (unpaired) electrons. The lowest BCUT2D eigenvalue weighted by Crippen LogP contribution is -2.50. The number of amides is 1. The van der Waals surface area contributed by atoms with E-state index in [1.165, 1.54) is 11.7 Å². The van der Waals surface area contributed by atoms with Crippen molar-refractivity contribution in [2.45, 2.75) is 44.6 Å². The molecule has 28 heavy (non-hydrogen) atoms. The van der Waals surface area contributed by atoms with Crippen LogP contribution in [0.4, 0.5) is 4.79 Å². The highest BCUT2D eigenvalue weighted by atomic mass is 16.6. The summed E-state index contributed by atoms with van der Waals surface area (Å²) >= 11 is 0. The molecule has 1 aromatic carbocycles. The largest absolute Gasteiger partial charge is 0.468 e. The highest BCUT2D eigenvalue weighted by molar-refractivity contribution is 5.86. The lowest BCUT2D eigenvalue weighted by atomic mass is 9.72. The van der Waals surface area contributed by atoms with Crippen LogP contribution >= 0.6 is 0 Å². The van der Waals surface area contributed by atoms with Gasteiger partial charge in [0.1, 0.15) is 5.60 Å². The summed E-state index contributed by atoms with van der Waals surface area (Å²) in [5.41, 5.74) is 0.569. The molecule has 1 amide bonds. The fourth-order valence-electron chi connectivity index (χ4n) is 3.72. The van der Waals surface area contributed by atoms with E-state index in [-0.39, 0.29) is 17.8 Å². The van der Waals surface area contributed by atoms with Crippen molar-refractivity contribution in [3.63, 3.8) is 0 Å². The molecule has 8 heteroatoms. The van der Waals surface area contributed by atoms with E-state index in [4.69, 9.17) is 9.47 Å². The monoisotopic (exact) mass is 389 g/mol. The first-order valence-electron chi connectivity index (χ1n) is 9.33. The number of hydrogen-bond donors (Lipinski definition) is 1. The Bertz CT molecular complexity index is 958. The lowest BCUT2D eigenvalue weighted by Gasteiger charge is -2.40. The van der Waals surface area contributed by atoms with Crippen LogP contribution in [-0.2, 0) is 26.7 Å². The normalized spacial score (nSPS) is 16.8. The Morgan fingerprint density at radius 3 is 2.39 bits per heavy atom. The number of H-pyrrole nitrogens is 1. The summed E-state index contributed by atoms with van der Waals surface area (Å²) in [6.07, 6.45) is 0.459. The zero-order valence-electron chi connectivity index (χ0n) is 17.0. The number of carbonyl (C=O) groups excluding carboxylic acids is 2. The molecule has 0 unspecified atom stereocenters. The van der Waals surface area contributed by atoms with Gasteiger partial charge in [-0.25, -0.2) is 9.59 Å². The van der Waals surface area contributed by atoms with Crippen LogP contribution in [0.3, 0.4) is 0 Å². The Balaban J connectivity index is 1.92. The number of aromatic nitrogens is 2. The van der Waals surface area contributed by atoms with E-state index in [0.29, 0.717) is 31.4 Å². The number of aryl methyl sites for hydroxylation is 1. The van der Waals surface area contributed by atoms with Crippen molar-refractivity contribution < 1.29 is 19.1 Å². The number of piperidine rings is 1. The van der Waals surface area contributed by atoms with Crippen LogP contribution in [0.1, 0.15) is 39.2 Å². The predicted octanol–water partition coefficient (Wildman–Crippen LogP) is 2.31. The third-order valence-electron chi connectivity index (χ3n) is 5.30. The summed E-state index contributed by atoms with van der Waals surface area (Å²) in [6.45, 7) is 6.24. The molecule has 8 nitrogen and oxygen atoms in total. The van der Waals surface area contributed by atoms with Crippen LogP contribution in [0.2, 0.25) is 0 Å². The fraction of sp³-hybridized carbons (Fsp3) is 0.550. The van der Waals surface area contributed by atoms with Gasteiger partial charge in [-0.1, -0.05) is 6.07 Å². The lowest BCUT2D eigenvalue weighted by molar-refractivity contribution is -0.149. The summed E-state index contributed by atoms with van der Waals surface area (Å²) < 4.78 is 12.1. The smallest absolute Gasteiger partial charge is 0.410 e. The molecule has 1 saturated heterocycles. The van der Waals surface area contributed by atoms with Gasteiger partial charge in [0.15, 0.2) is 0 Å². The topological polar surface area (TPSA) is 93.6 Å². The molecular formula is C20H27N3O5. The first kappa shape index (κ1) is 20.0. The number of imidazole rings is 1. The van der Waals surface area contributed by atoms with Crippen molar-refractivity contribution in [3.05, 3.63) is 34.2 Å². The van der Waals surface area contributed by atoms with E-state index in [2.05, 4.69) is 4.98 Å². The molecule has 1 aromatic heterocycles. The first-order valence-corrected chi connectivity index (χ1v) is 9.33. The fourth-order valence-corrected chi connectivity index (χ4v) is 3.72. The van der Waals surface area contributed by atoms with Gasteiger partial charge >= 0.3 is 17.8 Å². The summed E-state index contributed by atoms with van der Waals surface area (Å²) in [5, 5.41) is 0. The zero-order valence-corrected chi connectivity index (χ0v) is 17.0. The van der Waals surface area contributed by atoms with E-state index < -0.39 is 11.0 Å². The number of esters is 1. The number of hydrogen-bond acceptors (Lipinski definition) is 5. The molecule has 0 aliphatic carbocycles. The maximum Gasteiger partial charge on any atom is 0.410 e. The van der Waals surface area contributed by atoms with Crippen molar-refractivity contribution in [3.8, 4) is 0 Å². The Hall–Kier alpha value is -2.77. The van der Waals surface area contributed by atoms with Crippen molar-refractivity contribution in [2.24, 2.45) is 7.05 Å². The van der Waals surface area contributed by atoms with Crippen LogP contribution in [0.5, 0.6) is 0 Å². The molecule has 1 aliphatic rings. The van der Waals surface area contributed by atoms with E-state index in [9.17, 15) is 14.4 Å². The number of likely N-dealkylation sites (tertiary alicyclic amines) is 1. The van der Waals surface area contributed by atoms with Crippen molar-refractivity contribution in [1.82, 2.24) is 14.5 Å². The highest BCUT2D eigenvalue weighted by Gasteiger charge is 2.45. The average molecular weight is 389 g/mol. The van der Waals surface area contributed by atoms with Crippen LogP contribution in [0, 0.1) is 0 Å². The van der Waals surface area contributed by atoms with Gasteiger partial charge in [-0.05, 0) is 51.3 Å². The van der Waals surface area contributed by atoms with E-state index in [1.807, 2.05) is 32.9 Å². The van der Waals surface area contributed by atoms with Gasteiger partial charge in [-0.15, -0.1) is 0 Å². The molecule has 1 fully saturated rings. The molecule has 1 N–H and O–H groups in total.